The molecule has 1 aliphatic carbocycles. The van der Waals surface area contributed by atoms with E-state index in [0.717, 1.165) is 12.3 Å². The first-order valence-electron chi connectivity index (χ1n) is 6.20. The van der Waals surface area contributed by atoms with E-state index in [0.29, 0.717) is 6.04 Å². The van der Waals surface area contributed by atoms with Crippen LogP contribution in [-0.4, -0.2) is 13.1 Å². The summed E-state index contributed by atoms with van der Waals surface area (Å²) in [5.41, 5.74) is 3.09. The second kappa shape index (κ2) is 5.31. The molecule has 1 aromatic carbocycles. The van der Waals surface area contributed by atoms with Crippen LogP contribution in [0.2, 0.25) is 0 Å². The summed E-state index contributed by atoms with van der Waals surface area (Å²) in [7, 11) is 2.06. The predicted molar refractivity (Wildman–Crippen MR) is 69.6 cm³/mol. The van der Waals surface area contributed by atoms with Crippen molar-refractivity contribution in [3.05, 3.63) is 48.0 Å². The predicted octanol–water partition coefficient (Wildman–Crippen LogP) is 2.96. The summed E-state index contributed by atoms with van der Waals surface area (Å²) in [6.45, 7) is 3.85. The van der Waals surface area contributed by atoms with E-state index < -0.39 is 0 Å². The smallest absolute Gasteiger partial charge is 0.0130 e. The van der Waals surface area contributed by atoms with Crippen molar-refractivity contribution in [2.24, 2.45) is 5.92 Å². The van der Waals surface area contributed by atoms with Gasteiger partial charge in [-0.05, 0) is 49.8 Å². The van der Waals surface area contributed by atoms with Gasteiger partial charge in [-0.15, -0.1) is 6.58 Å². The van der Waals surface area contributed by atoms with Gasteiger partial charge in [0, 0.05) is 6.04 Å². The Kier molecular flexibility index (Phi) is 3.79. The Morgan fingerprint density at radius 1 is 1.44 bits per heavy atom. The van der Waals surface area contributed by atoms with E-state index >= 15 is 0 Å². The molecule has 0 aromatic heterocycles. The molecule has 2 unspecified atom stereocenters. The minimum Gasteiger partial charge on any atom is -0.316 e. The Labute approximate surface area is 98.6 Å². The van der Waals surface area contributed by atoms with Gasteiger partial charge in [0.25, 0.3) is 0 Å². The Hall–Kier alpha value is -1.08. The van der Waals surface area contributed by atoms with Crippen molar-refractivity contribution >= 4 is 0 Å². The van der Waals surface area contributed by atoms with Crippen molar-refractivity contribution in [3.8, 4) is 0 Å². The van der Waals surface area contributed by atoms with Gasteiger partial charge in [0.15, 0.2) is 0 Å². The van der Waals surface area contributed by atoms with Crippen LogP contribution in [0.15, 0.2) is 36.9 Å². The van der Waals surface area contributed by atoms with Crippen molar-refractivity contribution in [2.45, 2.75) is 31.7 Å². The van der Waals surface area contributed by atoms with Gasteiger partial charge < -0.3 is 5.32 Å². The molecule has 86 valence electrons. The van der Waals surface area contributed by atoms with Crippen molar-refractivity contribution in [1.29, 1.82) is 0 Å². The van der Waals surface area contributed by atoms with E-state index in [4.69, 9.17) is 0 Å². The summed E-state index contributed by atoms with van der Waals surface area (Å²) in [5.74, 6) is 0.762. The Morgan fingerprint density at radius 3 is 2.88 bits per heavy atom. The maximum absolute atomic E-state index is 3.85. The summed E-state index contributed by atoms with van der Waals surface area (Å²) < 4.78 is 0. The van der Waals surface area contributed by atoms with Crippen LogP contribution in [0.5, 0.6) is 0 Å². The highest BCUT2D eigenvalue weighted by molar-refractivity contribution is 5.30. The van der Waals surface area contributed by atoms with Crippen LogP contribution < -0.4 is 5.32 Å². The Balaban J connectivity index is 2.09. The molecule has 1 aromatic rings. The van der Waals surface area contributed by atoms with Crippen LogP contribution in [0.3, 0.4) is 0 Å². The van der Waals surface area contributed by atoms with E-state index in [-0.39, 0.29) is 0 Å². The first-order valence-corrected chi connectivity index (χ1v) is 6.20. The maximum atomic E-state index is 3.85. The van der Waals surface area contributed by atoms with E-state index in [2.05, 4.69) is 43.2 Å². The van der Waals surface area contributed by atoms with Crippen LogP contribution in [0, 0.1) is 5.92 Å². The van der Waals surface area contributed by atoms with Crippen LogP contribution in [0.25, 0.3) is 0 Å². The molecule has 1 aliphatic rings. The molecule has 0 aliphatic heterocycles. The lowest BCUT2D eigenvalue weighted by molar-refractivity contribution is 0.337. The van der Waals surface area contributed by atoms with Gasteiger partial charge in [-0.25, -0.2) is 0 Å². The standard InChI is InChI=1S/C15H21N/c1-3-6-15(16-2)14-10-9-12-7-4-5-8-13(12)11-14/h3-5,7-8,14-16H,1,6,9-11H2,2H3. The average Bonchev–Trinajstić information content (AvgIpc) is 2.35. The van der Waals surface area contributed by atoms with Crippen molar-refractivity contribution in [1.82, 2.24) is 5.32 Å². The normalized spacial score (nSPS) is 21.2. The zero-order valence-electron chi connectivity index (χ0n) is 10.1. The molecule has 16 heavy (non-hydrogen) atoms. The van der Waals surface area contributed by atoms with E-state index in [9.17, 15) is 0 Å². The van der Waals surface area contributed by atoms with E-state index in [1.807, 2.05) is 6.08 Å². The molecule has 1 heteroatoms. The van der Waals surface area contributed by atoms with Gasteiger partial charge in [-0.3, -0.25) is 0 Å². The van der Waals surface area contributed by atoms with Gasteiger partial charge >= 0.3 is 0 Å². The fourth-order valence-corrected chi connectivity index (χ4v) is 2.79. The monoisotopic (exact) mass is 215 g/mol. The molecule has 1 N–H and O–H groups in total. The lowest BCUT2D eigenvalue weighted by atomic mass is 9.79. The Morgan fingerprint density at radius 2 is 2.19 bits per heavy atom. The van der Waals surface area contributed by atoms with Gasteiger partial charge in [-0.1, -0.05) is 30.3 Å². The highest BCUT2D eigenvalue weighted by Gasteiger charge is 2.23. The molecular weight excluding hydrogens is 194 g/mol. The summed E-state index contributed by atoms with van der Waals surface area (Å²) in [6, 6.07) is 9.45. The molecule has 2 rings (SSSR count). The van der Waals surface area contributed by atoms with Gasteiger partial charge in [-0.2, -0.15) is 0 Å². The molecule has 0 saturated carbocycles. The highest BCUT2D eigenvalue weighted by atomic mass is 14.9. The maximum Gasteiger partial charge on any atom is 0.0130 e. The second-order valence-corrected chi connectivity index (χ2v) is 4.69. The van der Waals surface area contributed by atoms with Crippen molar-refractivity contribution in [3.63, 3.8) is 0 Å². The third-order valence-electron chi connectivity index (χ3n) is 3.75. The molecule has 0 fully saturated rings. The number of fused-ring (bicyclic) bond motifs is 1. The molecular formula is C15H21N. The molecule has 0 amide bonds. The molecule has 0 heterocycles. The molecule has 0 spiro atoms. The minimum atomic E-state index is 0.589. The number of aryl methyl sites for hydroxylation is 1. The average molecular weight is 215 g/mol. The van der Waals surface area contributed by atoms with Crippen molar-refractivity contribution < 1.29 is 0 Å². The van der Waals surface area contributed by atoms with Crippen LogP contribution in [0.1, 0.15) is 24.0 Å². The Bertz CT molecular complexity index is 356. The summed E-state index contributed by atoms with van der Waals surface area (Å²) >= 11 is 0. The van der Waals surface area contributed by atoms with E-state index in [1.165, 1.54) is 19.3 Å². The quantitative estimate of drug-likeness (QED) is 0.761. The van der Waals surface area contributed by atoms with Crippen molar-refractivity contribution in [2.75, 3.05) is 7.05 Å². The van der Waals surface area contributed by atoms with Crippen LogP contribution in [-0.2, 0) is 12.8 Å². The summed E-state index contributed by atoms with van der Waals surface area (Å²) in [6.07, 6.45) is 6.85. The lowest BCUT2D eigenvalue weighted by Gasteiger charge is -2.30. The third kappa shape index (κ3) is 2.35. The molecule has 2 atom stereocenters. The molecule has 0 radical (unpaired) electrons. The van der Waals surface area contributed by atoms with Crippen LogP contribution in [0.4, 0.5) is 0 Å². The highest BCUT2D eigenvalue weighted by Crippen LogP contribution is 2.28. The number of hydrogen-bond donors (Lipinski definition) is 1. The number of hydrogen-bond acceptors (Lipinski definition) is 1. The first kappa shape index (κ1) is 11.4. The number of benzene rings is 1. The fraction of sp³-hybridized carbons (Fsp3) is 0.467. The third-order valence-corrected chi connectivity index (χ3v) is 3.75. The minimum absolute atomic E-state index is 0.589. The zero-order valence-corrected chi connectivity index (χ0v) is 10.1. The summed E-state index contributed by atoms with van der Waals surface area (Å²) in [5, 5.41) is 3.43. The SMILES string of the molecule is C=CCC(NC)C1CCc2ccccc2C1. The van der Waals surface area contributed by atoms with Gasteiger partial charge in [0.1, 0.15) is 0 Å². The first-order chi connectivity index (χ1) is 7.85. The van der Waals surface area contributed by atoms with Crippen LogP contribution >= 0.6 is 0 Å². The lowest BCUT2D eigenvalue weighted by Crippen LogP contribution is -2.36. The molecule has 0 bridgehead atoms. The largest absolute Gasteiger partial charge is 0.316 e. The topological polar surface area (TPSA) is 12.0 Å². The fourth-order valence-electron chi connectivity index (χ4n) is 2.79. The number of rotatable bonds is 4. The summed E-state index contributed by atoms with van der Waals surface area (Å²) in [4.78, 5) is 0. The molecule has 0 saturated heterocycles. The van der Waals surface area contributed by atoms with E-state index in [1.54, 1.807) is 11.1 Å². The molecule has 1 nitrogen and oxygen atoms in total. The van der Waals surface area contributed by atoms with Gasteiger partial charge in [0.2, 0.25) is 0 Å². The zero-order chi connectivity index (χ0) is 11.4. The van der Waals surface area contributed by atoms with Gasteiger partial charge in [0.05, 0.1) is 0 Å². The number of nitrogens with one attached hydrogen (secondary N) is 1. The second-order valence-electron chi connectivity index (χ2n) is 4.69.